The van der Waals surface area contributed by atoms with Gasteiger partial charge in [-0.25, -0.2) is 5.43 Å². The zero-order valence-electron chi connectivity index (χ0n) is 15.4. The number of hydrogen-bond donors (Lipinski definition) is 1. The van der Waals surface area contributed by atoms with Gasteiger partial charge in [0.2, 0.25) is 0 Å². The Hall–Kier alpha value is -2.57. The topological polar surface area (TPSA) is 55.6 Å². The van der Waals surface area contributed by atoms with E-state index in [1.165, 1.54) is 0 Å². The van der Waals surface area contributed by atoms with E-state index in [2.05, 4.69) is 31.0 Å². The molecule has 0 aliphatic rings. The Morgan fingerprint density at radius 3 is 2.54 bits per heavy atom. The number of halogens is 2. The van der Waals surface area contributed by atoms with Gasteiger partial charge in [-0.1, -0.05) is 27.5 Å². The fourth-order valence-corrected chi connectivity index (χ4v) is 3.18. The van der Waals surface area contributed by atoms with Crippen LogP contribution in [-0.2, 0) is 4.79 Å². The SMILES string of the molecule is Cc1cc(C=NNC(=O)COc2ccc(Cl)cc2)c(C)n1-c1ccc(Br)cc1. The highest BCUT2D eigenvalue weighted by atomic mass is 79.9. The molecule has 1 aromatic heterocycles. The zero-order valence-corrected chi connectivity index (χ0v) is 17.8. The Kier molecular flexibility index (Phi) is 6.54. The Labute approximate surface area is 177 Å². The number of ether oxygens (including phenoxy) is 1. The minimum Gasteiger partial charge on any atom is -0.484 e. The van der Waals surface area contributed by atoms with Crippen LogP contribution in [0.4, 0.5) is 0 Å². The smallest absolute Gasteiger partial charge is 0.277 e. The molecule has 0 bridgehead atoms. The van der Waals surface area contributed by atoms with Crippen LogP contribution in [0.25, 0.3) is 5.69 Å². The highest BCUT2D eigenvalue weighted by molar-refractivity contribution is 9.10. The van der Waals surface area contributed by atoms with Gasteiger partial charge in [-0.15, -0.1) is 0 Å². The molecular formula is C21H19BrClN3O2. The monoisotopic (exact) mass is 459 g/mol. The summed E-state index contributed by atoms with van der Waals surface area (Å²) in [4.78, 5) is 11.9. The van der Waals surface area contributed by atoms with Crippen molar-refractivity contribution in [3.63, 3.8) is 0 Å². The lowest BCUT2D eigenvalue weighted by molar-refractivity contribution is -0.123. The van der Waals surface area contributed by atoms with Gasteiger partial charge in [0.1, 0.15) is 5.75 Å². The van der Waals surface area contributed by atoms with E-state index in [0.29, 0.717) is 10.8 Å². The molecule has 1 amide bonds. The fraction of sp³-hybridized carbons (Fsp3) is 0.143. The summed E-state index contributed by atoms with van der Waals surface area (Å²) in [7, 11) is 0. The summed E-state index contributed by atoms with van der Waals surface area (Å²) < 4.78 is 8.56. The molecule has 1 N–H and O–H groups in total. The summed E-state index contributed by atoms with van der Waals surface area (Å²) in [6, 6.07) is 16.9. The second kappa shape index (κ2) is 9.08. The molecule has 0 unspecified atom stereocenters. The highest BCUT2D eigenvalue weighted by Crippen LogP contribution is 2.21. The highest BCUT2D eigenvalue weighted by Gasteiger charge is 2.09. The van der Waals surface area contributed by atoms with E-state index in [9.17, 15) is 4.79 Å². The number of carbonyl (C=O) groups excluding carboxylic acids is 1. The normalized spacial score (nSPS) is 11.0. The van der Waals surface area contributed by atoms with Gasteiger partial charge >= 0.3 is 0 Å². The standard InChI is InChI=1S/C21H19BrClN3O2/c1-14-11-16(15(2)26(14)19-7-3-17(22)4-8-19)12-24-25-21(27)13-28-20-9-5-18(23)6-10-20/h3-12H,13H2,1-2H3,(H,25,27). The van der Waals surface area contributed by atoms with Crippen LogP contribution < -0.4 is 10.2 Å². The van der Waals surface area contributed by atoms with Crippen LogP contribution in [0.3, 0.4) is 0 Å². The van der Waals surface area contributed by atoms with E-state index in [1.807, 2.05) is 44.2 Å². The van der Waals surface area contributed by atoms with Gasteiger partial charge < -0.3 is 9.30 Å². The molecule has 0 saturated carbocycles. The van der Waals surface area contributed by atoms with Crippen molar-refractivity contribution in [1.82, 2.24) is 9.99 Å². The van der Waals surface area contributed by atoms with Crippen molar-refractivity contribution in [1.29, 1.82) is 0 Å². The lowest BCUT2D eigenvalue weighted by Gasteiger charge is -2.09. The van der Waals surface area contributed by atoms with E-state index >= 15 is 0 Å². The number of nitrogens with zero attached hydrogens (tertiary/aromatic N) is 2. The molecule has 7 heteroatoms. The fourth-order valence-electron chi connectivity index (χ4n) is 2.79. The van der Waals surface area contributed by atoms with Gasteiger partial charge in [-0.2, -0.15) is 5.10 Å². The summed E-state index contributed by atoms with van der Waals surface area (Å²) in [5.41, 5.74) is 6.60. The molecule has 144 valence electrons. The van der Waals surface area contributed by atoms with E-state index < -0.39 is 0 Å². The molecule has 0 fully saturated rings. The first-order valence-corrected chi connectivity index (χ1v) is 9.76. The summed E-state index contributed by atoms with van der Waals surface area (Å²) in [5, 5.41) is 4.66. The van der Waals surface area contributed by atoms with Crippen molar-refractivity contribution in [3.05, 3.63) is 81.0 Å². The van der Waals surface area contributed by atoms with Crippen LogP contribution in [0, 0.1) is 13.8 Å². The lowest BCUT2D eigenvalue weighted by atomic mass is 10.2. The zero-order chi connectivity index (χ0) is 20.1. The van der Waals surface area contributed by atoms with Crippen molar-refractivity contribution in [2.24, 2.45) is 5.10 Å². The Morgan fingerprint density at radius 2 is 1.86 bits per heavy atom. The third-order valence-electron chi connectivity index (χ3n) is 4.13. The van der Waals surface area contributed by atoms with Crippen molar-refractivity contribution in [2.75, 3.05) is 6.61 Å². The molecule has 28 heavy (non-hydrogen) atoms. The number of rotatable bonds is 6. The largest absolute Gasteiger partial charge is 0.484 e. The van der Waals surface area contributed by atoms with Crippen molar-refractivity contribution in [2.45, 2.75) is 13.8 Å². The van der Waals surface area contributed by atoms with Gasteiger partial charge in [0.05, 0.1) is 6.21 Å². The van der Waals surface area contributed by atoms with Crippen LogP contribution in [0.2, 0.25) is 5.02 Å². The molecule has 0 aliphatic carbocycles. The molecule has 0 spiro atoms. The Morgan fingerprint density at radius 1 is 1.18 bits per heavy atom. The molecular weight excluding hydrogens is 442 g/mol. The second-order valence-corrected chi connectivity index (χ2v) is 7.53. The van der Waals surface area contributed by atoms with Gasteiger partial charge in [-0.3, -0.25) is 4.79 Å². The number of aryl methyl sites for hydroxylation is 1. The summed E-state index contributed by atoms with van der Waals surface area (Å²) in [6.45, 7) is 3.92. The number of amides is 1. The van der Waals surface area contributed by atoms with Crippen LogP contribution in [0.5, 0.6) is 5.75 Å². The maximum absolute atomic E-state index is 11.9. The van der Waals surface area contributed by atoms with Crippen molar-refractivity contribution >= 4 is 39.7 Å². The first-order valence-electron chi connectivity index (χ1n) is 8.59. The predicted molar refractivity (Wildman–Crippen MR) is 116 cm³/mol. The van der Waals surface area contributed by atoms with Crippen LogP contribution >= 0.6 is 27.5 Å². The molecule has 1 heterocycles. The minimum absolute atomic E-state index is 0.128. The number of aromatic nitrogens is 1. The van der Waals surface area contributed by atoms with Crippen molar-refractivity contribution in [3.8, 4) is 11.4 Å². The number of benzene rings is 2. The molecule has 3 rings (SSSR count). The van der Waals surface area contributed by atoms with Crippen molar-refractivity contribution < 1.29 is 9.53 Å². The number of hydrogen-bond acceptors (Lipinski definition) is 3. The molecule has 2 aromatic carbocycles. The van der Waals surface area contributed by atoms with E-state index in [-0.39, 0.29) is 12.5 Å². The molecule has 5 nitrogen and oxygen atoms in total. The first-order chi connectivity index (χ1) is 13.4. The first kappa shape index (κ1) is 20.2. The number of carbonyl (C=O) groups is 1. The molecule has 0 aliphatic heterocycles. The summed E-state index contributed by atoms with van der Waals surface area (Å²) in [5.74, 6) is 0.231. The van der Waals surface area contributed by atoms with Crippen LogP contribution in [0.15, 0.2) is 64.2 Å². The summed E-state index contributed by atoms with van der Waals surface area (Å²) in [6.07, 6.45) is 1.64. The predicted octanol–water partition coefficient (Wildman–Crippen LogP) is 5.04. The Bertz CT molecular complexity index is 996. The molecule has 0 radical (unpaired) electrons. The molecule has 3 aromatic rings. The Balaban J connectivity index is 1.61. The van der Waals surface area contributed by atoms with E-state index in [4.69, 9.17) is 16.3 Å². The van der Waals surface area contributed by atoms with Gasteiger partial charge in [0.25, 0.3) is 5.91 Å². The third kappa shape index (κ3) is 5.03. The molecule has 0 atom stereocenters. The number of hydrazone groups is 1. The number of nitrogens with one attached hydrogen (secondary N) is 1. The minimum atomic E-state index is -0.340. The maximum Gasteiger partial charge on any atom is 0.277 e. The molecule has 0 saturated heterocycles. The van der Waals surface area contributed by atoms with E-state index in [1.54, 1.807) is 30.5 Å². The maximum atomic E-state index is 11.9. The van der Waals surface area contributed by atoms with Gasteiger partial charge in [0, 0.05) is 32.1 Å². The van der Waals surface area contributed by atoms with Crippen LogP contribution in [0.1, 0.15) is 17.0 Å². The summed E-state index contributed by atoms with van der Waals surface area (Å²) >= 11 is 9.27. The van der Waals surface area contributed by atoms with Crippen LogP contribution in [-0.4, -0.2) is 23.3 Å². The third-order valence-corrected chi connectivity index (χ3v) is 4.91. The van der Waals surface area contributed by atoms with E-state index in [0.717, 1.165) is 27.1 Å². The second-order valence-electron chi connectivity index (χ2n) is 6.17. The van der Waals surface area contributed by atoms with Gasteiger partial charge in [-0.05, 0) is 68.4 Å². The quantitative estimate of drug-likeness (QED) is 0.414. The average Bonchev–Trinajstić information content (AvgIpc) is 2.96. The lowest BCUT2D eigenvalue weighted by Crippen LogP contribution is -2.24. The average molecular weight is 461 g/mol. The van der Waals surface area contributed by atoms with Gasteiger partial charge in [0.15, 0.2) is 6.61 Å².